The van der Waals surface area contributed by atoms with Crippen LogP contribution in [0.2, 0.25) is 0 Å². The van der Waals surface area contributed by atoms with Crippen LogP contribution in [-0.4, -0.2) is 50.0 Å². The van der Waals surface area contributed by atoms with Gasteiger partial charge in [-0.2, -0.15) is 0 Å². The molecule has 3 aromatic rings. The number of nitrogens with two attached hydrogens (primary N) is 1. The molecule has 8 nitrogen and oxygen atoms in total. The van der Waals surface area contributed by atoms with E-state index < -0.39 is 24.1 Å². The van der Waals surface area contributed by atoms with E-state index in [0.717, 1.165) is 23.5 Å². The summed E-state index contributed by atoms with van der Waals surface area (Å²) in [4.78, 5) is 22.1. The number of methoxy groups -OCH3 is 2. The van der Waals surface area contributed by atoms with Gasteiger partial charge in [0.25, 0.3) is 0 Å². The average Bonchev–Trinajstić information content (AvgIpc) is 2.90. The number of esters is 1. The Labute approximate surface area is 211 Å². The van der Waals surface area contributed by atoms with Gasteiger partial charge in [0.15, 0.2) is 12.2 Å². The summed E-state index contributed by atoms with van der Waals surface area (Å²) in [6, 6.07) is 24.6. The van der Waals surface area contributed by atoms with Gasteiger partial charge in [0.2, 0.25) is 0 Å². The Hall–Kier alpha value is -3.88. The molecule has 0 aliphatic carbocycles. The van der Waals surface area contributed by atoms with E-state index in [4.69, 9.17) is 29.8 Å². The summed E-state index contributed by atoms with van der Waals surface area (Å²) in [6.45, 7) is 1.93. The third-order valence-corrected chi connectivity index (χ3v) is 5.23. The lowest BCUT2D eigenvalue weighted by molar-refractivity contribution is -0.163. The van der Waals surface area contributed by atoms with Gasteiger partial charge in [-0.05, 0) is 67.4 Å². The smallest absolute Gasteiger partial charge is 0.341 e. The number of carboxylic acids is 1. The fourth-order valence-corrected chi connectivity index (χ4v) is 3.20. The van der Waals surface area contributed by atoms with E-state index in [1.807, 2.05) is 54.6 Å². The highest BCUT2D eigenvalue weighted by molar-refractivity contribution is 5.79. The van der Waals surface area contributed by atoms with Gasteiger partial charge in [0, 0.05) is 13.5 Å². The van der Waals surface area contributed by atoms with Crippen molar-refractivity contribution in [2.45, 2.75) is 25.4 Å². The Morgan fingerprint density at radius 2 is 1.39 bits per heavy atom. The normalized spacial score (nSPS) is 11.9. The first-order valence-corrected chi connectivity index (χ1v) is 11.4. The number of aliphatic carboxylic acids is 1. The molecular formula is C28H33NO7. The van der Waals surface area contributed by atoms with Gasteiger partial charge in [-0.15, -0.1) is 0 Å². The van der Waals surface area contributed by atoms with E-state index >= 15 is 0 Å². The van der Waals surface area contributed by atoms with E-state index in [1.54, 1.807) is 31.2 Å². The molecule has 36 heavy (non-hydrogen) atoms. The van der Waals surface area contributed by atoms with Crippen LogP contribution >= 0.6 is 0 Å². The van der Waals surface area contributed by atoms with Crippen molar-refractivity contribution in [3.05, 3.63) is 90.0 Å². The summed E-state index contributed by atoms with van der Waals surface area (Å²) in [5.41, 5.74) is 6.52. The minimum Gasteiger partial charge on any atom is -0.482 e. The summed E-state index contributed by atoms with van der Waals surface area (Å²) in [5.74, 6) is 0.673. The molecule has 3 N–H and O–H groups in total. The Bertz CT molecular complexity index is 1070. The lowest BCUT2D eigenvalue weighted by Gasteiger charge is -2.25. The number of hydrogen-bond acceptors (Lipinski definition) is 7. The van der Waals surface area contributed by atoms with Crippen molar-refractivity contribution >= 4 is 11.9 Å². The van der Waals surface area contributed by atoms with Gasteiger partial charge in [-0.3, -0.25) is 0 Å². The van der Waals surface area contributed by atoms with Gasteiger partial charge < -0.3 is 29.8 Å². The van der Waals surface area contributed by atoms with E-state index in [1.165, 1.54) is 19.8 Å². The molecule has 0 radical (unpaired) electrons. The lowest BCUT2D eigenvalue weighted by Crippen LogP contribution is -2.40. The molecule has 0 aromatic heterocycles. The molecule has 0 amide bonds. The van der Waals surface area contributed by atoms with Crippen LogP contribution in [0.5, 0.6) is 17.2 Å². The van der Waals surface area contributed by atoms with Gasteiger partial charge in [0.1, 0.15) is 17.2 Å². The zero-order valence-corrected chi connectivity index (χ0v) is 20.8. The second kappa shape index (κ2) is 14.5. The molecule has 1 atom stereocenters. The zero-order chi connectivity index (χ0) is 26.4. The zero-order valence-electron chi connectivity index (χ0n) is 20.8. The second-order valence-electron chi connectivity index (χ2n) is 8.03. The predicted molar refractivity (Wildman–Crippen MR) is 136 cm³/mol. The first kappa shape index (κ1) is 28.4. The molecule has 0 saturated heterocycles. The number of carbonyl (C=O) groups is 2. The van der Waals surface area contributed by atoms with Crippen molar-refractivity contribution < 1.29 is 33.6 Å². The Kier molecular flexibility index (Phi) is 11.4. The van der Waals surface area contributed by atoms with E-state index in [2.05, 4.69) is 0 Å². The number of carboxylic acid groups (broad SMARTS) is 1. The molecule has 3 rings (SSSR count). The molecule has 0 heterocycles. The molecule has 0 aliphatic rings. The van der Waals surface area contributed by atoms with Gasteiger partial charge in [-0.1, -0.05) is 42.5 Å². The maximum Gasteiger partial charge on any atom is 0.341 e. The maximum atomic E-state index is 11.7. The van der Waals surface area contributed by atoms with E-state index in [0.29, 0.717) is 18.7 Å². The molecule has 0 spiro atoms. The molecule has 192 valence electrons. The third kappa shape index (κ3) is 9.40. The van der Waals surface area contributed by atoms with Gasteiger partial charge in [0.05, 0.1) is 7.11 Å². The minimum absolute atomic E-state index is 0.343. The summed E-state index contributed by atoms with van der Waals surface area (Å²) >= 11 is 0. The van der Waals surface area contributed by atoms with Crippen molar-refractivity contribution in [1.29, 1.82) is 0 Å². The SMILES string of the molecule is COC(=O)C(C)(Cc1ccc(OCC(=O)O)cc1)OC.NCCc1ccc(Oc2ccccc2)cc1. The highest BCUT2D eigenvalue weighted by atomic mass is 16.6. The van der Waals surface area contributed by atoms with Gasteiger partial charge in [-0.25, -0.2) is 9.59 Å². The molecule has 0 saturated carbocycles. The number of benzene rings is 3. The molecule has 1 unspecified atom stereocenters. The fraction of sp³-hybridized carbons (Fsp3) is 0.286. The highest BCUT2D eigenvalue weighted by Gasteiger charge is 2.34. The van der Waals surface area contributed by atoms with Crippen LogP contribution in [0.4, 0.5) is 0 Å². The van der Waals surface area contributed by atoms with Crippen LogP contribution in [0.3, 0.4) is 0 Å². The van der Waals surface area contributed by atoms with Gasteiger partial charge >= 0.3 is 11.9 Å². The maximum absolute atomic E-state index is 11.7. The van der Waals surface area contributed by atoms with Crippen molar-refractivity contribution in [3.63, 3.8) is 0 Å². The summed E-state index contributed by atoms with van der Waals surface area (Å²) in [6.07, 6.45) is 1.25. The molecule has 0 aliphatic heterocycles. The van der Waals surface area contributed by atoms with Crippen LogP contribution in [0, 0.1) is 0 Å². The Morgan fingerprint density at radius 1 is 0.833 bits per heavy atom. The average molecular weight is 496 g/mol. The number of carbonyl (C=O) groups excluding carboxylic acids is 1. The molecule has 8 heteroatoms. The first-order valence-electron chi connectivity index (χ1n) is 11.4. The summed E-state index contributed by atoms with van der Waals surface area (Å²) in [5, 5.41) is 8.51. The number of rotatable bonds is 11. The highest BCUT2D eigenvalue weighted by Crippen LogP contribution is 2.22. The molecule has 0 fully saturated rings. The quantitative estimate of drug-likeness (QED) is 0.379. The van der Waals surface area contributed by atoms with Crippen LogP contribution in [-0.2, 0) is 31.9 Å². The number of hydrogen-bond donors (Lipinski definition) is 2. The topological polar surface area (TPSA) is 117 Å². The second-order valence-corrected chi connectivity index (χ2v) is 8.03. The molecular weight excluding hydrogens is 462 g/mol. The van der Waals surface area contributed by atoms with E-state index in [9.17, 15) is 9.59 Å². The monoisotopic (exact) mass is 495 g/mol. The Balaban J connectivity index is 0.000000259. The van der Waals surface area contributed by atoms with Crippen LogP contribution < -0.4 is 15.2 Å². The van der Waals surface area contributed by atoms with Crippen LogP contribution in [0.15, 0.2) is 78.9 Å². The van der Waals surface area contributed by atoms with E-state index in [-0.39, 0.29) is 0 Å². The summed E-state index contributed by atoms with van der Waals surface area (Å²) < 4.78 is 20.6. The van der Waals surface area contributed by atoms with Crippen molar-refractivity contribution in [2.24, 2.45) is 5.73 Å². The Morgan fingerprint density at radius 3 is 1.92 bits per heavy atom. The largest absolute Gasteiger partial charge is 0.482 e. The minimum atomic E-state index is -1.06. The predicted octanol–water partition coefficient (Wildman–Crippen LogP) is 4.25. The summed E-state index contributed by atoms with van der Waals surface area (Å²) in [7, 11) is 2.75. The molecule has 3 aromatic carbocycles. The van der Waals surface area contributed by atoms with Crippen molar-refractivity contribution in [2.75, 3.05) is 27.4 Å². The number of ether oxygens (including phenoxy) is 4. The van der Waals surface area contributed by atoms with Crippen LogP contribution in [0.1, 0.15) is 18.1 Å². The first-order chi connectivity index (χ1) is 17.3. The van der Waals surface area contributed by atoms with Crippen LogP contribution in [0.25, 0.3) is 0 Å². The third-order valence-electron chi connectivity index (χ3n) is 5.23. The lowest BCUT2D eigenvalue weighted by atomic mass is 9.96. The standard InChI is InChI=1S/C14H15NO.C14H18O6/c15-11-10-12-6-8-14(9-7-12)16-13-4-2-1-3-5-13;1-14(19-3,13(17)18-2)8-10-4-6-11(7-5-10)20-9-12(15)16/h1-9H,10-11,15H2;4-7H,8-9H2,1-3H3,(H,15,16). The molecule has 0 bridgehead atoms. The number of para-hydroxylation sites is 1. The fourth-order valence-electron chi connectivity index (χ4n) is 3.20. The van der Waals surface area contributed by atoms with Crippen molar-refractivity contribution in [1.82, 2.24) is 0 Å². The van der Waals surface area contributed by atoms with Crippen molar-refractivity contribution in [3.8, 4) is 17.2 Å².